The third-order valence-electron chi connectivity index (χ3n) is 4.12. The van der Waals surface area contributed by atoms with Crippen molar-refractivity contribution in [3.63, 3.8) is 0 Å². The van der Waals surface area contributed by atoms with Crippen molar-refractivity contribution in [2.45, 2.75) is 52.7 Å². The molecule has 1 fully saturated rings. The van der Waals surface area contributed by atoms with Gasteiger partial charge in [-0.1, -0.05) is 19.9 Å². The first-order valence-corrected chi connectivity index (χ1v) is 6.34. The molecule has 2 heterocycles. The highest BCUT2D eigenvalue weighted by molar-refractivity contribution is 6.54. The van der Waals surface area contributed by atoms with Crippen LogP contribution in [0.25, 0.3) is 0 Å². The van der Waals surface area contributed by atoms with Crippen LogP contribution in [0.15, 0.2) is 11.7 Å². The Labute approximate surface area is 105 Å². The molecule has 0 aromatic heterocycles. The van der Waals surface area contributed by atoms with Crippen LogP contribution in [0.3, 0.4) is 0 Å². The minimum Gasteiger partial charge on any atom is -0.398 e. The van der Waals surface area contributed by atoms with E-state index in [-0.39, 0.29) is 23.7 Å². The normalized spacial score (nSPS) is 29.7. The summed E-state index contributed by atoms with van der Waals surface area (Å²) < 4.78 is 12.2. The Morgan fingerprint density at radius 2 is 1.53 bits per heavy atom. The molecule has 0 N–H and O–H groups in total. The van der Waals surface area contributed by atoms with Crippen LogP contribution in [0.5, 0.6) is 0 Å². The predicted molar refractivity (Wildman–Crippen MR) is 70.6 cm³/mol. The summed E-state index contributed by atoms with van der Waals surface area (Å²) in [4.78, 5) is 2.24. The molecule has 17 heavy (non-hydrogen) atoms. The maximum Gasteiger partial charge on any atom is 0.511 e. The lowest BCUT2D eigenvalue weighted by Crippen LogP contribution is -2.41. The van der Waals surface area contributed by atoms with E-state index in [1.54, 1.807) is 0 Å². The van der Waals surface area contributed by atoms with E-state index in [1.807, 2.05) is 0 Å². The molecule has 0 aromatic carbocycles. The zero-order chi connectivity index (χ0) is 13.1. The molecule has 2 aliphatic heterocycles. The van der Waals surface area contributed by atoms with Gasteiger partial charge in [0.1, 0.15) is 0 Å². The van der Waals surface area contributed by atoms with E-state index in [2.05, 4.69) is 59.6 Å². The maximum absolute atomic E-state index is 6.08. The summed E-state index contributed by atoms with van der Waals surface area (Å²) in [6.45, 7) is 13.9. The van der Waals surface area contributed by atoms with E-state index in [4.69, 9.17) is 9.31 Å². The lowest BCUT2D eigenvalue weighted by Gasteiger charge is -2.32. The molecule has 0 bridgehead atoms. The Bertz CT molecular complexity index is 344. The molecule has 0 unspecified atom stereocenters. The highest BCUT2D eigenvalue weighted by atomic mass is 16.7. The SMILES string of the molecule is CN1CC(C)(C)C=C1B1OC(C)(C)C(C)(C)O1. The molecule has 0 amide bonds. The minimum absolute atomic E-state index is 0.202. The number of hydrogen-bond donors (Lipinski definition) is 0. The standard InChI is InChI=1S/C13H24BNO2/c1-11(2)8-10(15(7)9-11)14-16-12(3,4)13(5,6)17-14/h8H,9H2,1-7H3. The van der Waals surface area contributed by atoms with Crippen LogP contribution in [0, 0.1) is 5.41 Å². The Hall–Kier alpha value is -0.475. The molecular weight excluding hydrogens is 213 g/mol. The Morgan fingerprint density at radius 3 is 1.88 bits per heavy atom. The molecule has 3 nitrogen and oxygen atoms in total. The van der Waals surface area contributed by atoms with Crippen molar-refractivity contribution < 1.29 is 9.31 Å². The predicted octanol–water partition coefficient (Wildman–Crippen LogP) is 2.47. The van der Waals surface area contributed by atoms with Gasteiger partial charge in [0.25, 0.3) is 0 Å². The van der Waals surface area contributed by atoms with Crippen LogP contribution >= 0.6 is 0 Å². The molecular formula is C13H24BNO2. The van der Waals surface area contributed by atoms with E-state index < -0.39 is 0 Å². The largest absolute Gasteiger partial charge is 0.511 e. The fourth-order valence-electron chi connectivity index (χ4n) is 2.47. The van der Waals surface area contributed by atoms with E-state index >= 15 is 0 Å². The molecule has 0 aliphatic carbocycles. The van der Waals surface area contributed by atoms with Gasteiger partial charge in [0.15, 0.2) is 0 Å². The Balaban J connectivity index is 2.22. The van der Waals surface area contributed by atoms with Crippen molar-refractivity contribution in [3.05, 3.63) is 11.7 Å². The first kappa shape index (κ1) is 13.0. The average molecular weight is 237 g/mol. The quantitative estimate of drug-likeness (QED) is 0.654. The van der Waals surface area contributed by atoms with Crippen molar-refractivity contribution in [2.24, 2.45) is 5.41 Å². The Kier molecular flexibility index (Phi) is 2.68. The summed E-state index contributed by atoms with van der Waals surface area (Å²) in [5, 5.41) is 0. The highest BCUT2D eigenvalue weighted by Crippen LogP contribution is 2.41. The smallest absolute Gasteiger partial charge is 0.398 e. The summed E-state index contributed by atoms with van der Waals surface area (Å²) in [6.07, 6.45) is 2.27. The van der Waals surface area contributed by atoms with Gasteiger partial charge in [-0.25, -0.2) is 0 Å². The molecule has 0 saturated carbocycles. The lowest BCUT2D eigenvalue weighted by atomic mass is 9.82. The monoisotopic (exact) mass is 237 g/mol. The fourth-order valence-corrected chi connectivity index (χ4v) is 2.47. The number of rotatable bonds is 1. The first-order chi connectivity index (χ1) is 7.54. The highest BCUT2D eigenvalue weighted by Gasteiger charge is 2.54. The molecule has 0 aromatic rings. The van der Waals surface area contributed by atoms with Gasteiger partial charge in [0.05, 0.1) is 11.2 Å². The topological polar surface area (TPSA) is 21.7 Å². The molecule has 1 saturated heterocycles. The van der Waals surface area contributed by atoms with Gasteiger partial charge >= 0.3 is 7.12 Å². The number of hydrogen-bond acceptors (Lipinski definition) is 3. The lowest BCUT2D eigenvalue weighted by molar-refractivity contribution is 0.00578. The summed E-state index contributed by atoms with van der Waals surface area (Å²) >= 11 is 0. The molecule has 2 rings (SSSR count). The van der Waals surface area contributed by atoms with Crippen molar-refractivity contribution in [1.82, 2.24) is 4.90 Å². The minimum atomic E-state index is -0.258. The average Bonchev–Trinajstić information content (AvgIpc) is 2.47. The third kappa shape index (κ3) is 2.13. The van der Waals surface area contributed by atoms with Crippen molar-refractivity contribution >= 4 is 7.12 Å². The second kappa shape index (κ2) is 3.52. The fraction of sp³-hybridized carbons (Fsp3) is 0.846. The van der Waals surface area contributed by atoms with Gasteiger partial charge in [-0.3, -0.25) is 0 Å². The van der Waals surface area contributed by atoms with Crippen molar-refractivity contribution in [1.29, 1.82) is 0 Å². The van der Waals surface area contributed by atoms with Crippen LogP contribution in [-0.2, 0) is 9.31 Å². The van der Waals surface area contributed by atoms with E-state index in [1.165, 1.54) is 0 Å². The van der Waals surface area contributed by atoms with Crippen molar-refractivity contribution in [2.75, 3.05) is 13.6 Å². The summed E-state index contributed by atoms with van der Waals surface area (Å²) in [7, 11) is 1.87. The first-order valence-electron chi connectivity index (χ1n) is 6.34. The maximum atomic E-state index is 6.08. The zero-order valence-corrected chi connectivity index (χ0v) is 12.1. The summed E-state index contributed by atoms with van der Waals surface area (Å²) in [5.74, 6) is 0. The molecule has 4 heteroatoms. The van der Waals surface area contributed by atoms with Gasteiger partial charge in [0, 0.05) is 24.6 Å². The molecule has 2 aliphatic rings. The third-order valence-corrected chi connectivity index (χ3v) is 4.12. The van der Waals surface area contributed by atoms with Gasteiger partial charge in [-0.2, -0.15) is 0 Å². The van der Waals surface area contributed by atoms with Crippen LogP contribution in [0.1, 0.15) is 41.5 Å². The van der Waals surface area contributed by atoms with E-state index in [9.17, 15) is 0 Å². The Morgan fingerprint density at radius 1 is 1.06 bits per heavy atom. The zero-order valence-electron chi connectivity index (χ0n) is 12.1. The summed E-state index contributed by atoms with van der Waals surface area (Å²) in [5.41, 5.74) is 0.847. The van der Waals surface area contributed by atoms with Crippen LogP contribution in [0.4, 0.5) is 0 Å². The van der Waals surface area contributed by atoms with E-state index in [0.717, 1.165) is 12.1 Å². The van der Waals surface area contributed by atoms with Gasteiger partial charge in [-0.05, 0) is 27.7 Å². The summed E-state index contributed by atoms with van der Waals surface area (Å²) in [6, 6.07) is 0. The van der Waals surface area contributed by atoms with Crippen LogP contribution in [-0.4, -0.2) is 36.8 Å². The van der Waals surface area contributed by atoms with Gasteiger partial charge in [-0.15, -0.1) is 0 Å². The van der Waals surface area contributed by atoms with Crippen LogP contribution < -0.4 is 0 Å². The molecule has 0 atom stereocenters. The van der Waals surface area contributed by atoms with E-state index in [0.29, 0.717) is 0 Å². The molecule has 96 valence electrons. The van der Waals surface area contributed by atoms with Crippen LogP contribution in [0.2, 0.25) is 0 Å². The van der Waals surface area contributed by atoms with Crippen molar-refractivity contribution in [3.8, 4) is 0 Å². The second-order valence-corrected chi connectivity index (χ2v) is 7.00. The molecule has 0 spiro atoms. The van der Waals surface area contributed by atoms with Gasteiger partial charge < -0.3 is 14.2 Å². The number of nitrogens with zero attached hydrogens (tertiary/aromatic N) is 1. The molecule has 0 radical (unpaired) electrons. The second-order valence-electron chi connectivity index (χ2n) is 7.00. The van der Waals surface area contributed by atoms with Gasteiger partial charge in [0.2, 0.25) is 0 Å².